The maximum absolute atomic E-state index is 11.8. The van der Waals surface area contributed by atoms with Gasteiger partial charge in [-0.3, -0.25) is 4.79 Å². The molecule has 0 aliphatic heterocycles. The van der Waals surface area contributed by atoms with Crippen LogP contribution < -0.4 is 5.32 Å². The number of nitrogens with one attached hydrogen (secondary N) is 1. The Morgan fingerprint density at radius 1 is 1.22 bits per heavy atom. The van der Waals surface area contributed by atoms with Crippen molar-refractivity contribution in [1.82, 2.24) is 4.90 Å². The fraction of sp³-hybridized carbons (Fsp3) is 0.533. The van der Waals surface area contributed by atoms with Crippen LogP contribution in [0.4, 0.5) is 5.69 Å². The third-order valence-electron chi connectivity index (χ3n) is 3.15. The molecule has 1 rings (SSSR count). The van der Waals surface area contributed by atoms with E-state index in [2.05, 4.69) is 37.4 Å². The van der Waals surface area contributed by atoms with Gasteiger partial charge in [-0.15, -0.1) is 0 Å². The fourth-order valence-electron chi connectivity index (χ4n) is 2.05. The van der Waals surface area contributed by atoms with Gasteiger partial charge >= 0.3 is 0 Å². The zero-order valence-corrected chi connectivity index (χ0v) is 11.9. The molecule has 0 aliphatic rings. The zero-order valence-electron chi connectivity index (χ0n) is 11.9. The molecular weight excluding hydrogens is 224 g/mol. The molecule has 0 fully saturated rings. The minimum absolute atomic E-state index is 0.220. The van der Waals surface area contributed by atoms with Gasteiger partial charge < -0.3 is 10.2 Å². The predicted octanol–water partition coefficient (Wildman–Crippen LogP) is 2.97. The average Bonchev–Trinajstić information content (AvgIpc) is 2.33. The van der Waals surface area contributed by atoms with Crippen molar-refractivity contribution in [2.24, 2.45) is 0 Å². The smallest absolute Gasteiger partial charge is 0.224 e. The lowest BCUT2D eigenvalue weighted by Gasteiger charge is -2.19. The molecule has 0 atom stereocenters. The molecule has 0 saturated heterocycles. The van der Waals surface area contributed by atoms with E-state index in [4.69, 9.17) is 0 Å². The van der Waals surface area contributed by atoms with Crippen LogP contribution in [0.5, 0.6) is 0 Å². The van der Waals surface area contributed by atoms with Gasteiger partial charge in [0.1, 0.15) is 0 Å². The van der Waals surface area contributed by atoms with Gasteiger partial charge in [0.25, 0.3) is 0 Å². The van der Waals surface area contributed by atoms with Crippen LogP contribution in [-0.4, -0.2) is 30.4 Å². The quantitative estimate of drug-likeness (QED) is 0.839. The average molecular weight is 248 g/mol. The van der Waals surface area contributed by atoms with E-state index in [0.29, 0.717) is 13.0 Å². The Kier molecular flexibility index (Phi) is 5.69. The molecule has 1 amide bonds. The van der Waals surface area contributed by atoms with Crippen LogP contribution in [0.2, 0.25) is 0 Å². The third kappa shape index (κ3) is 4.06. The first-order valence-corrected chi connectivity index (χ1v) is 6.67. The highest BCUT2D eigenvalue weighted by molar-refractivity contribution is 5.76. The highest BCUT2D eigenvalue weighted by Gasteiger charge is 2.08. The number of amides is 1. The van der Waals surface area contributed by atoms with E-state index in [-0.39, 0.29) is 5.91 Å². The first-order chi connectivity index (χ1) is 8.58. The summed E-state index contributed by atoms with van der Waals surface area (Å²) in [6.07, 6.45) is 0.551. The second-order valence-corrected chi connectivity index (χ2v) is 4.56. The Labute approximate surface area is 110 Å². The van der Waals surface area contributed by atoms with E-state index in [1.165, 1.54) is 11.1 Å². The van der Waals surface area contributed by atoms with E-state index >= 15 is 0 Å². The summed E-state index contributed by atoms with van der Waals surface area (Å²) in [4.78, 5) is 13.7. The molecule has 0 aromatic heterocycles. The van der Waals surface area contributed by atoms with Crippen molar-refractivity contribution in [1.29, 1.82) is 0 Å². The number of carbonyl (C=O) groups is 1. The number of benzene rings is 1. The first kappa shape index (κ1) is 14.6. The van der Waals surface area contributed by atoms with Gasteiger partial charge in [-0.05, 0) is 39.3 Å². The van der Waals surface area contributed by atoms with Crippen LogP contribution in [-0.2, 0) is 4.79 Å². The lowest BCUT2D eigenvalue weighted by atomic mass is 10.1. The standard InChI is InChI=1S/C15H24N2O/c1-5-17(6-2)15(18)9-10-16-14-8-7-12(3)11-13(14)4/h7-8,11,16H,5-6,9-10H2,1-4H3. The van der Waals surface area contributed by atoms with E-state index in [0.717, 1.165) is 18.8 Å². The number of anilines is 1. The van der Waals surface area contributed by atoms with Crippen LogP contribution in [0.25, 0.3) is 0 Å². The third-order valence-corrected chi connectivity index (χ3v) is 3.15. The Bertz CT molecular complexity index is 397. The maximum atomic E-state index is 11.8. The summed E-state index contributed by atoms with van der Waals surface area (Å²) in [5.41, 5.74) is 3.61. The molecule has 0 heterocycles. The van der Waals surface area contributed by atoms with E-state index in [1.807, 2.05) is 18.7 Å². The Morgan fingerprint density at radius 3 is 2.44 bits per heavy atom. The van der Waals surface area contributed by atoms with E-state index < -0.39 is 0 Å². The lowest BCUT2D eigenvalue weighted by Crippen LogP contribution is -2.31. The van der Waals surface area contributed by atoms with Crippen LogP contribution in [0.15, 0.2) is 18.2 Å². The minimum atomic E-state index is 0.220. The second-order valence-electron chi connectivity index (χ2n) is 4.56. The van der Waals surface area contributed by atoms with Crippen LogP contribution in [0, 0.1) is 13.8 Å². The first-order valence-electron chi connectivity index (χ1n) is 6.67. The zero-order chi connectivity index (χ0) is 13.5. The van der Waals surface area contributed by atoms with Crippen molar-refractivity contribution in [3.8, 4) is 0 Å². The topological polar surface area (TPSA) is 32.3 Å². The van der Waals surface area contributed by atoms with E-state index in [9.17, 15) is 4.79 Å². The van der Waals surface area contributed by atoms with Crippen LogP contribution in [0.3, 0.4) is 0 Å². The monoisotopic (exact) mass is 248 g/mol. The number of hydrogen-bond acceptors (Lipinski definition) is 2. The SMILES string of the molecule is CCN(CC)C(=O)CCNc1ccc(C)cc1C. The van der Waals surface area contributed by atoms with Crippen molar-refractivity contribution in [3.63, 3.8) is 0 Å². The van der Waals surface area contributed by atoms with Gasteiger partial charge in [0, 0.05) is 31.7 Å². The molecule has 1 aromatic carbocycles. The largest absolute Gasteiger partial charge is 0.384 e. The van der Waals surface area contributed by atoms with Crippen molar-refractivity contribution in [3.05, 3.63) is 29.3 Å². The summed E-state index contributed by atoms with van der Waals surface area (Å²) in [5.74, 6) is 0.220. The molecule has 3 nitrogen and oxygen atoms in total. The molecule has 100 valence electrons. The van der Waals surface area contributed by atoms with Crippen LogP contribution >= 0.6 is 0 Å². The summed E-state index contributed by atoms with van der Waals surface area (Å²) in [6, 6.07) is 6.31. The minimum Gasteiger partial charge on any atom is -0.384 e. The predicted molar refractivity (Wildman–Crippen MR) is 77.0 cm³/mol. The fourth-order valence-corrected chi connectivity index (χ4v) is 2.05. The van der Waals surface area contributed by atoms with Gasteiger partial charge in [0.15, 0.2) is 0 Å². The Hall–Kier alpha value is -1.51. The molecule has 0 radical (unpaired) electrons. The molecule has 0 bridgehead atoms. The molecule has 1 aromatic rings. The number of rotatable bonds is 6. The summed E-state index contributed by atoms with van der Waals surface area (Å²) < 4.78 is 0. The molecule has 1 N–H and O–H groups in total. The molecule has 0 spiro atoms. The number of aryl methyl sites for hydroxylation is 2. The molecular formula is C15H24N2O. The van der Waals surface area contributed by atoms with Crippen LogP contribution in [0.1, 0.15) is 31.4 Å². The van der Waals surface area contributed by atoms with E-state index in [1.54, 1.807) is 0 Å². The second kappa shape index (κ2) is 7.04. The van der Waals surface area contributed by atoms with Gasteiger partial charge in [0.2, 0.25) is 5.91 Å². The molecule has 0 aliphatic carbocycles. The van der Waals surface area contributed by atoms with Crippen molar-refractivity contribution in [2.45, 2.75) is 34.1 Å². The molecule has 0 saturated carbocycles. The summed E-state index contributed by atoms with van der Waals surface area (Å²) in [7, 11) is 0. The summed E-state index contributed by atoms with van der Waals surface area (Å²) in [5, 5.41) is 3.33. The van der Waals surface area contributed by atoms with Gasteiger partial charge in [-0.1, -0.05) is 17.7 Å². The van der Waals surface area contributed by atoms with Crippen molar-refractivity contribution in [2.75, 3.05) is 25.0 Å². The van der Waals surface area contributed by atoms with Gasteiger partial charge in [-0.2, -0.15) is 0 Å². The van der Waals surface area contributed by atoms with Crippen molar-refractivity contribution < 1.29 is 4.79 Å². The number of nitrogens with zero attached hydrogens (tertiary/aromatic N) is 1. The van der Waals surface area contributed by atoms with Gasteiger partial charge in [0.05, 0.1) is 0 Å². The number of hydrogen-bond donors (Lipinski definition) is 1. The summed E-state index contributed by atoms with van der Waals surface area (Å²) in [6.45, 7) is 10.5. The molecule has 18 heavy (non-hydrogen) atoms. The highest BCUT2D eigenvalue weighted by atomic mass is 16.2. The lowest BCUT2D eigenvalue weighted by molar-refractivity contribution is -0.130. The Balaban J connectivity index is 2.44. The normalized spacial score (nSPS) is 10.2. The molecule has 3 heteroatoms. The summed E-state index contributed by atoms with van der Waals surface area (Å²) >= 11 is 0. The molecule has 0 unspecified atom stereocenters. The maximum Gasteiger partial charge on any atom is 0.224 e. The number of carbonyl (C=O) groups excluding carboxylic acids is 1. The van der Waals surface area contributed by atoms with Crippen molar-refractivity contribution >= 4 is 11.6 Å². The van der Waals surface area contributed by atoms with Gasteiger partial charge in [-0.25, -0.2) is 0 Å². The highest BCUT2D eigenvalue weighted by Crippen LogP contribution is 2.15. The Morgan fingerprint density at radius 2 is 1.89 bits per heavy atom.